The van der Waals surface area contributed by atoms with Gasteiger partial charge in [0.2, 0.25) is 5.91 Å². The minimum absolute atomic E-state index is 0.0406. The molecule has 2 aromatic heterocycles. The SMILES string of the molecule is CSCC[C@H](C(=O)NC(C)(C)C)N(C)c1nc(-c2ccccn2)nc2c1CCC2. The fourth-order valence-electron chi connectivity index (χ4n) is 3.64. The molecule has 0 saturated carbocycles. The van der Waals surface area contributed by atoms with Crippen molar-refractivity contribution in [2.75, 3.05) is 24.0 Å². The van der Waals surface area contributed by atoms with Crippen LogP contribution in [0.5, 0.6) is 0 Å². The van der Waals surface area contributed by atoms with Crippen LogP contribution in [0.1, 0.15) is 44.9 Å². The molecular formula is C22H31N5OS. The summed E-state index contributed by atoms with van der Waals surface area (Å²) in [5, 5.41) is 3.15. The molecular weight excluding hydrogens is 382 g/mol. The van der Waals surface area contributed by atoms with Gasteiger partial charge in [-0.1, -0.05) is 6.07 Å². The first-order chi connectivity index (χ1) is 13.8. The molecule has 0 unspecified atom stereocenters. The fraction of sp³-hybridized carbons (Fsp3) is 0.545. The van der Waals surface area contributed by atoms with Crippen LogP contribution in [0.3, 0.4) is 0 Å². The van der Waals surface area contributed by atoms with E-state index in [0.29, 0.717) is 5.82 Å². The Morgan fingerprint density at radius 3 is 2.72 bits per heavy atom. The number of pyridine rings is 1. The maximum atomic E-state index is 13.1. The Balaban J connectivity index is 1.99. The van der Waals surface area contributed by atoms with Crippen molar-refractivity contribution in [3.8, 4) is 11.5 Å². The normalized spacial score (nSPS) is 14.4. The number of aromatic nitrogens is 3. The van der Waals surface area contributed by atoms with Crippen LogP contribution in [0.2, 0.25) is 0 Å². The first kappa shape index (κ1) is 21.6. The number of hydrogen-bond donors (Lipinski definition) is 1. The number of fused-ring (bicyclic) bond motifs is 1. The standard InChI is InChI=1S/C22H31N5OS/c1-22(2,3)26-21(28)18(12-14-29-5)27(4)20-15-9-8-11-16(15)24-19(25-20)17-10-6-7-13-23-17/h6-7,10,13,18H,8-9,11-12,14H2,1-5H3,(H,26,28)/t18-/m1/s1. The molecule has 0 aromatic carbocycles. The third kappa shape index (κ3) is 5.26. The monoisotopic (exact) mass is 413 g/mol. The molecule has 2 heterocycles. The minimum Gasteiger partial charge on any atom is -0.350 e. The van der Waals surface area contributed by atoms with Crippen molar-refractivity contribution in [1.29, 1.82) is 0 Å². The molecule has 1 aliphatic rings. The molecule has 0 saturated heterocycles. The second kappa shape index (κ2) is 9.11. The molecule has 3 rings (SSSR count). The Morgan fingerprint density at radius 1 is 1.28 bits per heavy atom. The first-order valence-corrected chi connectivity index (χ1v) is 11.5. The molecule has 0 fully saturated rings. The van der Waals surface area contributed by atoms with Gasteiger partial charge in [-0.15, -0.1) is 0 Å². The van der Waals surface area contributed by atoms with Gasteiger partial charge < -0.3 is 10.2 Å². The van der Waals surface area contributed by atoms with Crippen molar-refractivity contribution in [3.05, 3.63) is 35.7 Å². The molecule has 0 spiro atoms. The van der Waals surface area contributed by atoms with Crippen LogP contribution in [-0.4, -0.2) is 51.5 Å². The van der Waals surface area contributed by atoms with Crippen LogP contribution in [0.15, 0.2) is 24.4 Å². The summed E-state index contributed by atoms with van der Waals surface area (Å²) in [4.78, 5) is 29.3. The summed E-state index contributed by atoms with van der Waals surface area (Å²) in [6, 6.07) is 5.48. The number of nitrogens with zero attached hydrogens (tertiary/aromatic N) is 4. The highest BCUT2D eigenvalue weighted by Crippen LogP contribution is 2.32. The molecule has 1 aliphatic carbocycles. The van der Waals surface area contributed by atoms with E-state index < -0.39 is 0 Å². The zero-order valence-corrected chi connectivity index (χ0v) is 18.8. The van der Waals surface area contributed by atoms with Crippen LogP contribution in [0.25, 0.3) is 11.5 Å². The van der Waals surface area contributed by atoms with E-state index >= 15 is 0 Å². The molecule has 6 nitrogen and oxygen atoms in total. The van der Waals surface area contributed by atoms with Crippen molar-refractivity contribution < 1.29 is 4.79 Å². The number of carbonyl (C=O) groups is 1. The van der Waals surface area contributed by atoms with Crippen LogP contribution in [0.4, 0.5) is 5.82 Å². The number of likely N-dealkylation sites (N-methyl/N-ethyl adjacent to an activating group) is 1. The van der Waals surface area contributed by atoms with Gasteiger partial charge in [0, 0.05) is 30.0 Å². The number of carbonyl (C=O) groups excluding carboxylic acids is 1. The summed E-state index contributed by atoms with van der Waals surface area (Å²) in [7, 11) is 1.98. The largest absolute Gasteiger partial charge is 0.350 e. The van der Waals surface area contributed by atoms with Crippen LogP contribution >= 0.6 is 11.8 Å². The van der Waals surface area contributed by atoms with Crippen LogP contribution in [-0.2, 0) is 17.6 Å². The quantitative estimate of drug-likeness (QED) is 0.749. The van der Waals surface area contributed by atoms with Gasteiger partial charge in [0.1, 0.15) is 17.6 Å². The predicted molar refractivity (Wildman–Crippen MR) is 120 cm³/mol. The molecule has 1 atom stereocenters. The molecule has 0 radical (unpaired) electrons. The van der Waals surface area contributed by atoms with E-state index in [9.17, 15) is 4.79 Å². The summed E-state index contributed by atoms with van der Waals surface area (Å²) in [6.45, 7) is 6.04. The van der Waals surface area contributed by atoms with Crippen molar-refractivity contribution >= 4 is 23.5 Å². The average Bonchev–Trinajstić information content (AvgIpc) is 3.15. The van der Waals surface area contributed by atoms with E-state index in [0.717, 1.165) is 48.6 Å². The zero-order valence-electron chi connectivity index (χ0n) is 18.0. The predicted octanol–water partition coefficient (Wildman–Crippen LogP) is 3.50. The highest BCUT2D eigenvalue weighted by Gasteiger charge is 2.30. The van der Waals surface area contributed by atoms with E-state index in [1.807, 2.05) is 46.0 Å². The summed E-state index contributed by atoms with van der Waals surface area (Å²) in [5.74, 6) is 2.45. The summed E-state index contributed by atoms with van der Waals surface area (Å²) in [6.07, 6.45) is 7.56. The third-order valence-electron chi connectivity index (χ3n) is 5.00. The second-order valence-corrected chi connectivity index (χ2v) is 9.50. The summed E-state index contributed by atoms with van der Waals surface area (Å²) < 4.78 is 0. The highest BCUT2D eigenvalue weighted by molar-refractivity contribution is 7.98. The van der Waals surface area contributed by atoms with E-state index in [1.165, 1.54) is 5.56 Å². The lowest BCUT2D eigenvalue weighted by molar-refractivity contribution is -0.123. The highest BCUT2D eigenvalue weighted by atomic mass is 32.2. The van der Waals surface area contributed by atoms with E-state index in [1.54, 1.807) is 18.0 Å². The Morgan fingerprint density at radius 2 is 2.07 bits per heavy atom. The van der Waals surface area contributed by atoms with Gasteiger partial charge in [-0.25, -0.2) is 9.97 Å². The molecule has 0 aliphatic heterocycles. The van der Waals surface area contributed by atoms with Gasteiger partial charge in [0.25, 0.3) is 0 Å². The van der Waals surface area contributed by atoms with E-state index in [-0.39, 0.29) is 17.5 Å². The Bertz CT molecular complexity index is 850. The number of hydrogen-bond acceptors (Lipinski definition) is 6. The number of nitrogens with one attached hydrogen (secondary N) is 1. The fourth-order valence-corrected chi connectivity index (χ4v) is 4.10. The number of thioether (sulfide) groups is 1. The van der Waals surface area contributed by atoms with Gasteiger partial charge in [-0.2, -0.15) is 11.8 Å². The van der Waals surface area contributed by atoms with Gasteiger partial charge in [0.05, 0.1) is 0 Å². The summed E-state index contributed by atoms with van der Waals surface area (Å²) >= 11 is 1.75. The van der Waals surface area contributed by atoms with E-state index in [2.05, 4.69) is 21.5 Å². The maximum Gasteiger partial charge on any atom is 0.243 e. The lowest BCUT2D eigenvalue weighted by Gasteiger charge is -2.32. The number of anilines is 1. The average molecular weight is 414 g/mol. The number of aryl methyl sites for hydroxylation is 1. The van der Waals surface area contributed by atoms with Gasteiger partial charge in [0.15, 0.2) is 5.82 Å². The molecule has 1 N–H and O–H groups in total. The zero-order chi connectivity index (χ0) is 21.0. The molecule has 156 valence electrons. The van der Waals surface area contributed by atoms with Gasteiger partial charge in [-0.05, 0) is 70.6 Å². The van der Waals surface area contributed by atoms with Crippen molar-refractivity contribution in [3.63, 3.8) is 0 Å². The molecule has 29 heavy (non-hydrogen) atoms. The van der Waals surface area contributed by atoms with Crippen molar-refractivity contribution in [2.24, 2.45) is 0 Å². The van der Waals surface area contributed by atoms with Crippen LogP contribution in [0, 0.1) is 0 Å². The first-order valence-electron chi connectivity index (χ1n) is 10.1. The van der Waals surface area contributed by atoms with E-state index in [4.69, 9.17) is 9.97 Å². The van der Waals surface area contributed by atoms with Crippen molar-refractivity contribution in [1.82, 2.24) is 20.3 Å². The Kier molecular flexibility index (Phi) is 6.77. The smallest absolute Gasteiger partial charge is 0.243 e. The molecule has 2 aromatic rings. The van der Waals surface area contributed by atoms with Crippen LogP contribution < -0.4 is 10.2 Å². The maximum absolute atomic E-state index is 13.1. The number of amides is 1. The Labute approximate surface area is 177 Å². The number of rotatable bonds is 7. The molecule has 7 heteroatoms. The molecule has 0 bridgehead atoms. The summed E-state index contributed by atoms with van der Waals surface area (Å²) in [5.41, 5.74) is 2.74. The molecule has 1 amide bonds. The Hall–Kier alpha value is -2.15. The lowest BCUT2D eigenvalue weighted by Crippen LogP contribution is -2.52. The second-order valence-electron chi connectivity index (χ2n) is 8.51. The third-order valence-corrected chi connectivity index (χ3v) is 5.65. The lowest BCUT2D eigenvalue weighted by atomic mass is 10.1. The van der Waals surface area contributed by atoms with Crippen molar-refractivity contribution in [2.45, 2.75) is 58.0 Å². The topological polar surface area (TPSA) is 71.0 Å². The van der Waals surface area contributed by atoms with Gasteiger partial charge in [-0.3, -0.25) is 9.78 Å². The van der Waals surface area contributed by atoms with Gasteiger partial charge >= 0.3 is 0 Å². The minimum atomic E-state index is -0.280.